The first kappa shape index (κ1) is 17.5. The molecule has 4 nitrogen and oxygen atoms in total. The Bertz CT molecular complexity index is 949. The average molecular weight is 384 g/mol. The Labute approximate surface area is 162 Å². The van der Waals surface area contributed by atoms with Gasteiger partial charge >= 0.3 is 0 Å². The number of nitrogens with one attached hydrogen (secondary N) is 1. The van der Waals surface area contributed by atoms with Crippen LogP contribution in [0.1, 0.15) is 22.9 Å². The Balaban J connectivity index is 1.59. The van der Waals surface area contributed by atoms with Gasteiger partial charge in [-0.05, 0) is 12.5 Å². The highest BCUT2D eigenvalue weighted by molar-refractivity contribution is 7.99. The normalized spacial score (nSPS) is 16.6. The van der Waals surface area contributed by atoms with E-state index in [2.05, 4.69) is 41.9 Å². The fourth-order valence-electron chi connectivity index (χ4n) is 3.42. The summed E-state index contributed by atoms with van der Waals surface area (Å²) >= 11 is 3.39. The molecule has 6 heteroatoms. The molecule has 3 heterocycles. The molecule has 0 bridgehead atoms. The van der Waals surface area contributed by atoms with Crippen molar-refractivity contribution in [1.82, 2.24) is 9.97 Å². The van der Waals surface area contributed by atoms with Crippen molar-refractivity contribution in [1.29, 1.82) is 0 Å². The lowest BCUT2D eigenvalue weighted by Gasteiger charge is -2.24. The fourth-order valence-corrected chi connectivity index (χ4v) is 5.47. The number of nitrogens with zero attached hydrogens (tertiary/aromatic N) is 2. The van der Waals surface area contributed by atoms with E-state index in [1.54, 1.807) is 28.0 Å². The second-order valence-corrected chi connectivity index (χ2v) is 8.94. The number of benzene rings is 1. The summed E-state index contributed by atoms with van der Waals surface area (Å²) < 4.78 is 0. The molecule has 0 fully saturated rings. The quantitative estimate of drug-likeness (QED) is 0.404. The molecule has 134 valence electrons. The topological polar surface area (TPSA) is 56.2 Å². The summed E-state index contributed by atoms with van der Waals surface area (Å²) in [6.07, 6.45) is 1.04. The van der Waals surface area contributed by atoms with Crippen LogP contribution >= 0.6 is 23.1 Å². The van der Waals surface area contributed by atoms with Gasteiger partial charge in [-0.25, -0.2) is 9.97 Å². The second-order valence-electron chi connectivity index (χ2n) is 6.91. The van der Waals surface area contributed by atoms with Gasteiger partial charge in [-0.3, -0.25) is 0 Å². The van der Waals surface area contributed by atoms with Crippen LogP contribution in [0.4, 0.5) is 5.82 Å². The molecular formula is C20H23N4S2+. The predicted molar refractivity (Wildman–Crippen MR) is 111 cm³/mol. The molecule has 4 rings (SSSR count). The van der Waals surface area contributed by atoms with Crippen LogP contribution in [0, 0.1) is 0 Å². The van der Waals surface area contributed by atoms with E-state index in [-0.39, 0.29) is 0 Å². The monoisotopic (exact) mass is 383 g/mol. The van der Waals surface area contributed by atoms with Crippen molar-refractivity contribution in [2.75, 3.05) is 18.0 Å². The summed E-state index contributed by atoms with van der Waals surface area (Å²) in [4.78, 5) is 13.3. The van der Waals surface area contributed by atoms with E-state index in [0.717, 1.165) is 52.8 Å². The van der Waals surface area contributed by atoms with Crippen molar-refractivity contribution in [3.63, 3.8) is 0 Å². The Morgan fingerprint density at radius 3 is 2.88 bits per heavy atom. The smallest absolute Gasteiger partial charge is 0.191 e. The number of thiophene rings is 1. The first-order chi connectivity index (χ1) is 12.6. The van der Waals surface area contributed by atoms with Crippen LogP contribution in [0.25, 0.3) is 10.2 Å². The zero-order valence-corrected chi connectivity index (χ0v) is 16.6. The van der Waals surface area contributed by atoms with Crippen LogP contribution in [0.3, 0.4) is 0 Å². The number of hydrogen-bond acceptors (Lipinski definition) is 5. The largest absolute Gasteiger partial charge is 0.383 e. The average Bonchev–Trinajstić information content (AvgIpc) is 2.99. The standard InChI is InChI=1S/C20H22N4S2/c1-13(2)12-25-20-22-18(21)17-15-8-9-24(10-14-6-4-3-5-7-14)11-16(15)26-19(17)23-20/h3-7H,1,8-12H2,2H3,(H2,21,22,23)/p+1. The maximum atomic E-state index is 6.30. The van der Waals surface area contributed by atoms with Crippen LogP contribution in [0.2, 0.25) is 0 Å². The number of hydrogen-bond donors (Lipinski definition) is 2. The third kappa shape index (κ3) is 3.63. The Hall–Kier alpha value is -1.89. The second kappa shape index (κ2) is 7.39. The SMILES string of the molecule is C=C(C)CSc1nc(N)c2c3c(sc2n1)C[NH+](Cc1ccccc1)CC3. The molecule has 3 aromatic rings. The molecule has 1 aliphatic rings. The van der Waals surface area contributed by atoms with Gasteiger partial charge < -0.3 is 10.6 Å². The van der Waals surface area contributed by atoms with Crippen LogP contribution in [-0.4, -0.2) is 22.3 Å². The molecule has 3 N–H and O–H groups in total. The minimum Gasteiger partial charge on any atom is -0.383 e. The van der Waals surface area contributed by atoms with Crippen molar-refractivity contribution >= 4 is 39.1 Å². The molecule has 0 amide bonds. The van der Waals surface area contributed by atoms with Gasteiger partial charge in [-0.15, -0.1) is 11.3 Å². The van der Waals surface area contributed by atoms with E-state index >= 15 is 0 Å². The van der Waals surface area contributed by atoms with Gasteiger partial charge in [0.15, 0.2) is 5.16 Å². The van der Waals surface area contributed by atoms with Gasteiger partial charge in [-0.2, -0.15) is 0 Å². The van der Waals surface area contributed by atoms with E-state index in [9.17, 15) is 0 Å². The fraction of sp³-hybridized carbons (Fsp3) is 0.300. The highest BCUT2D eigenvalue weighted by Gasteiger charge is 2.26. The third-order valence-corrected chi connectivity index (χ3v) is 6.83. The van der Waals surface area contributed by atoms with Crippen LogP contribution in [0.15, 0.2) is 47.6 Å². The number of rotatable bonds is 5. The summed E-state index contributed by atoms with van der Waals surface area (Å²) in [5, 5.41) is 1.84. The minimum atomic E-state index is 0.628. The van der Waals surface area contributed by atoms with Gasteiger partial charge in [0.1, 0.15) is 23.7 Å². The summed E-state index contributed by atoms with van der Waals surface area (Å²) in [5.41, 5.74) is 10.2. The Morgan fingerprint density at radius 1 is 1.31 bits per heavy atom. The summed E-state index contributed by atoms with van der Waals surface area (Å²) in [6, 6.07) is 10.7. The third-order valence-electron chi connectivity index (χ3n) is 4.63. The van der Waals surface area contributed by atoms with Crippen molar-refractivity contribution in [2.24, 2.45) is 0 Å². The molecule has 2 aromatic heterocycles. The van der Waals surface area contributed by atoms with Crippen molar-refractivity contribution in [3.8, 4) is 0 Å². The molecule has 0 spiro atoms. The highest BCUT2D eigenvalue weighted by Crippen LogP contribution is 2.35. The number of fused-ring (bicyclic) bond motifs is 3. The van der Waals surface area contributed by atoms with Crippen LogP contribution in [-0.2, 0) is 19.5 Å². The molecule has 0 aliphatic carbocycles. The lowest BCUT2D eigenvalue weighted by Crippen LogP contribution is -3.10. The van der Waals surface area contributed by atoms with E-state index in [1.807, 2.05) is 6.92 Å². The van der Waals surface area contributed by atoms with Gasteiger partial charge in [0.2, 0.25) is 0 Å². The molecule has 1 unspecified atom stereocenters. The Morgan fingerprint density at radius 2 is 2.12 bits per heavy atom. The van der Waals surface area contributed by atoms with Crippen LogP contribution in [0.5, 0.6) is 0 Å². The van der Waals surface area contributed by atoms with E-state index < -0.39 is 0 Å². The van der Waals surface area contributed by atoms with Gasteiger partial charge in [-0.1, -0.05) is 54.2 Å². The number of nitrogen functional groups attached to an aromatic ring is 1. The van der Waals surface area contributed by atoms with Gasteiger partial charge in [0.05, 0.1) is 16.8 Å². The van der Waals surface area contributed by atoms with E-state index in [4.69, 9.17) is 10.7 Å². The zero-order chi connectivity index (χ0) is 18.1. The number of aromatic nitrogens is 2. The van der Waals surface area contributed by atoms with E-state index in [1.165, 1.54) is 16.0 Å². The molecule has 26 heavy (non-hydrogen) atoms. The number of thioether (sulfide) groups is 1. The minimum absolute atomic E-state index is 0.628. The first-order valence-corrected chi connectivity index (χ1v) is 10.6. The number of nitrogens with two attached hydrogens (primary N) is 1. The summed E-state index contributed by atoms with van der Waals surface area (Å²) in [5.74, 6) is 1.45. The van der Waals surface area contributed by atoms with Crippen LogP contribution < -0.4 is 10.6 Å². The highest BCUT2D eigenvalue weighted by atomic mass is 32.2. The summed E-state index contributed by atoms with van der Waals surface area (Å²) in [6.45, 7) is 9.19. The number of quaternary nitrogens is 1. The molecule has 0 radical (unpaired) electrons. The van der Waals surface area contributed by atoms with Crippen molar-refractivity contribution in [3.05, 3.63) is 58.5 Å². The summed E-state index contributed by atoms with van der Waals surface area (Å²) in [7, 11) is 0. The van der Waals surface area contributed by atoms with Crippen molar-refractivity contribution in [2.45, 2.75) is 31.6 Å². The lowest BCUT2D eigenvalue weighted by molar-refractivity contribution is -0.929. The lowest BCUT2D eigenvalue weighted by atomic mass is 10.0. The zero-order valence-electron chi connectivity index (χ0n) is 14.9. The van der Waals surface area contributed by atoms with Gasteiger partial charge in [0.25, 0.3) is 0 Å². The predicted octanol–water partition coefficient (Wildman–Crippen LogP) is 3.08. The number of anilines is 1. The molecule has 1 aromatic carbocycles. The molecule has 1 atom stereocenters. The van der Waals surface area contributed by atoms with Crippen molar-refractivity contribution < 1.29 is 4.90 Å². The maximum absolute atomic E-state index is 6.30. The molecule has 0 saturated heterocycles. The van der Waals surface area contributed by atoms with Gasteiger partial charge in [0, 0.05) is 17.7 Å². The van der Waals surface area contributed by atoms with E-state index in [0.29, 0.717) is 5.82 Å². The molecule has 1 aliphatic heterocycles. The maximum Gasteiger partial charge on any atom is 0.191 e. The molecule has 0 saturated carbocycles. The molecular weight excluding hydrogens is 360 g/mol. The first-order valence-electron chi connectivity index (χ1n) is 8.82. The Kier molecular flexibility index (Phi) is 4.98.